The van der Waals surface area contributed by atoms with Crippen molar-refractivity contribution in [3.05, 3.63) is 18.5 Å². The van der Waals surface area contributed by atoms with Gasteiger partial charge in [0.15, 0.2) is 0 Å². The van der Waals surface area contributed by atoms with Crippen LogP contribution in [0.1, 0.15) is 25.7 Å². The maximum Gasteiger partial charge on any atom is 0.0489 e. The standard InChI is InChI=1S/C11H19N3/c1-4-11(10-12-6-1)5-2-8-14-9-3-7-13-14/h3,7,9,11-12H,1-2,4-6,8,10H2. The number of nitrogens with one attached hydrogen (secondary N) is 1. The lowest BCUT2D eigenvalue weighted by Crippen LogP contribution is -2.29. The minimum Gasteiger partial charge on any atom is -0.316 e. The van der Waals surface area contributed by atoms with Gasteiger partial charge in [-0.25, -0.2) is 0 Å². The normalized spacial score (nSPS) is 22.4. The molecule has 0 bridgehead atoms. The summed E-state index contributed by atoms with van der Waals surface area (Å²) in [5, 5.41) is 7.66. The summed E-state index contributed by atoms with van der Waals surface area (Å²) in [4.78, 5) is 0. The van der Waals surface area contributed by atoms with Gasteiger partial charge in [0.05, 0.1) is 0 Å². The van der Waals surface area contributed by atoms with E-state index in [1.807, 2.05) is 23.1 Å². The number of hydrogen-bond donors (Lipinski definition) is 1. The van der Waals surface area contributed by atoms with E-state index in [0.717, 1.165) is 12.5 Å². The van der Waals surface area contributed by atoms with E-state index in [-0.39, 0.29) is 0 Å². The molecule has 3 nitrogen and oxygen atoms in total. The smallest absolute Gasteiger partial charge is 0.0489 e. The second-order valence-corrected chi connectivity index (χ2v) is 4.12. The molecule has 1 atom stereocenters. The lowest BCUT2D eigenvalue weighted by molar-refractivity contribution is 0.341. The molecule has 0 aliphatic carbocycles. The highest BCUT2D eigenvalue weighted by Gasteiger charge is 2.11. The minimum absolute atomic E-state index is 0.902. The van der Waals surface area contributed by atoms with Crippen molar-refractivity contribution in [2.75, 3.05) is 13.1 Å². The number of nitrogens with zero attached hydrogens (tertiary/aromatic N) is 2. The SMILES string of the molecule is c1cnn(CCCC2CCCNC2)c1. The Morgan fingerprint density at radius 2 is 2.50 bits per heavy atom. The van der Waals surface area contributed by atoms with Gasteiger partial charge in [-0.1, -0.05) is 0 Å². The zero-order chi connectivity index (χ0) is 9.64. The van der Waals surface area contributed by atoms with Crippen molar-refractivity contribution in [2.24, 2.45) is 5.92 Å². The molecular formula is C11H19N3. The van der Waals surface area contributed by atoms with Crippen molar-refractivity contribution in [2.45, 2.75) is 32.2 Å². The predicted molar refractivity (Wildman–Crippen MR) is 57.1 cm³/mol. The maximum absolute atomic E-state index is 4.20. The van der Waals surface area contributed by atoms with Gasteiger partial charge in [0.25, 0.3) is 0 Å². The molecule has 3 heteroatoms. The Morgan fingerprint density at radius 1 is 1.50 bits per heavy atom. The molecule has 1 N–H and O–H groups in total. The number of hydrogen-bond acceptors (Lipinski definition) is 2. The van der Waals surface area contributed by atoms with E-state index in [4.69, 9.17) is 0 Å². The first-order valence-corrected chi connectivity index (χ1v) is 5.63. The van der Waals surface area contributed by atoms with Crippen LogP contribution in [-0.2, 0) is 6.54 Å². The number of rotatable bonds is 4. The quantitative estimate of drug-likeness (QED) is 0.788. The van der Waals surface area contributed by atoms with Gasteiger partial charge in [-0.05, 0) is 50.8 Å². The second-order valence-electron chi connectivity index (χ2n) is 4.12. The molecule has 14 heavy (non-hydrogen) atoms. The molecular weight excluding hydrogens is 174 g/mol. The summed E-state index contributed by atoms with van der Waals surface area (Å²) in [5.41, 5.74) is 0. The summed E-state index contributed by atoms with van der Waals surface area (Å²) in [5.74, 6) is 0.902. The van der Waals surface area contributed by atoms with Crippen LogP contribution in [0, 0.1) is 5.92 Å². The largest absolute Gasteiger partial charge is 0.316 e. The van der Waals surface area contributed by atoms with Crippen LogP contribution in [0.5, 0.6) is 0 Å². The first-order chi connectivity index (χ1) is 6.95. The molecule has 0 amide bonds. The summed E-state index contributed by atoms with van der Waals surface area (Å²) >= 11 is 0. The van der Waals surface area contributed by atoms with Crippen LogP contribution < -0.4 is 5.32 Å². The summed E-state index contributed by atoms with van der Waals surface area (Å²) in [6, 6.07) is 1.99. The van der Waals surface area contributed by atoms with Crippen molar-refractivity contribution < 1.29 is 0 Å². The summed E-state index contributed by atoms with van der Waals surface area (Å²) in [6.45, 7) is 3.51. The molecule has 0 spiro atoms. The molecule has 1 aromatic rings. The molecule has 1 aliphatic heterocycles. The van der Waals surface area contributed by atoms with Crippen LogP contribution in [0.25, 0.3) is 0 Å². The zero-order valence-electron chi connectivity index (χ0n) is 8.65. The van der Waals surface area contributed by atoms with Gasteiger partial charge >= 0.3 is 0 Å². The van der Waals surface area contributed by atoms with E-state index in [2.05, 4.69) is 10.4 Å². The fraction of sp³-hybridized carbons (Fsp3) is 0.727. The van der Waals surface area contributed by atoms with Gasteiger partial charge in [-0.15, -0.1) is 0 Å². The minimum atomic E-state index is 0.902. The fourth-order valence-electron chi connectivity index (χ4n) is 2.15. The summed E-state index contributed by atoms with van der Waals surface area (Å²) in [7, 11) is 0. The number of piperidine rings is 1. The molecule has 2 heterocycles. The molecule has 1 aliphatic rings. The van der Waals surface area contributed by atoms with E-state index < -0.39 is 0 Å². The van der Waals surface area contributed by atoms with Crippen LogP contribution in [0.15, 0.2) is 18.5 Å². The molecule has 0 saturated carbocycles. The number of aryl methyl sites for hydroxylation is 1. The van der Waals surface area contributed by atoms with Crippen LogP contribution in [0.2, 0.25) is 0 Å². The van der Waals surface area contributed by atoms with E-state index in [1.165, 1.54) is 38.8 Å². The lowest BCUT2D eigenvalue weighted by atomic mass is 9.95. The third-order valence-electron chi connectivity index (χ3n) is 2.96. The van der Waals surface area contributed by atoms with Crippen molar-refractivity contribution in [3.8, 4) is 0 Å². The van der Waals surface area contributed by atoms with Crippen LogP contribution in [0.4, 0.5) is 0 Å². The Morgan fingerprint density at radius 3 is 3.21 bits per heavy atom. The Bertz CT molecular complexity index is 237. The second kappa shape index (κ2) is 5.15. The Labute approximate surface area is 85.5 Å². The molecule has 2 rings (SSSR count). The monoisotopic (exact) mass is 193 g/mol. The zero-order valence-corrected chi connectivity index (χ0v) is 8.65. The van der Waals surface area contributed by atoms with Crippen molar-refractivity contribution in [1.82, 2.24) is 15.1 Å². The van der Waals surface area contributed by atoms with Crippen molar-refractivity contribution in [3.63, 3.8) is 0 Å². The van der Waals surface area contributed by atoms with E-state index in [9.17, 15) is 0 Å². The Hall–Kier alpha value is -0.830. The van der Waals surface area contributed by atoms with Gasteiger partial charge < -0.3 is 5.32 Å². The van der Waals surface area contributed by atoms with Crippen LogP contribution >= 0.6 is 0 Å². The predicted octanol–water partition coefficient (Wildman–Crippen LogP) is 1.66. The van der Waals surface area contributed by atoms with E-state index >= 15 is 0 Å². The molecule has 0 aromatic carbocycles. The van der Waals surface area contributed by atoms with Gasteiger partial charge in [-0.3, -0.25) is 4.68 Å². The fourth-order valence-corrected chi connectivity index (χ4v) is 2.15. The molecule has 1 fully saturated rings. The first kappa shape index (κ1) is 9.71. The van der Waals surface area contributed by atoms with Crippen molar-refractivity contribution in [1.29, 1.82) is 0 Å². The molecule has 0 radical (unpaired) electrons. The highest BCUT2D eigenvalue weighted by Crippen LogP contribution is 2.15. The van der Waals surface area contributed by atoms with Gasteiger partial charge in [0, 0.05) is 18.9 Å². The van der Waals surface area contributed by atoms with Crippen molar-refractivity contribution >= 4 is 0 Å². The molecule has 1 saturated heterocycles. The highest BCUT2D eigenvalue weighted by atomic mass is 15.3. The maximum atomic E-state index is 4.20. The summed E-state index contributed by atoms with van der Waals surface area (Å²) in [6.07, 6.45) is 9.25. The molecule has 78 valence electrons. The topological polar surface area (TPSA) is 29.9 Å². The average molecular weight is 193 g/mol. The summed E-state index contributed by atoms with van der Waals surface area (Å²) < 4.78 is 2.02. The van der Waals surface area contributed by atoms with Crippen LogP contribution in [0.3, 0.4) is 0 Å². The Kier molecular flexibility index (Phi) is 3.57. The van der Waals surface area contributed by atoms with E-state index in [1.54, 1.807) is 0 Å². The number of aromatic nitrogens is 2. The molecule has 1 aromatic heterocycles. The van der Waals surface area contributed by atoms with Crippen LogP contribution in [-0.4, -0.2) is 22.9 Å². The average Bonchev–Trinajstić information content (AvgIpc) is 2.72. The third-order valence-corrected chi connectivity index (χ3v) is 2.96. The highest BCUT2D eigenvalue weighted by molar-refractivity contribution is 4.77. The van der Waals surface area contributed by atoms with Gasteiger partial charge in [0.2, 0.25) is 0 Å². The van der Waals surface area contributed by atoms with Gasteiger partial charge in [-0.2, -0.15) is 5.10 Å². The third kappa shape index (κ3) is 2.84. The Balaban J connectivity index is 1.62. The van der Waals surface area contributed by atoms with E-state index in [0.29, 0.717) is 0 Å². The lowest BCUT2D eigenvalue weighted by Gasteiger charge is -2.22. The molecule has 1 unspecified atom stereocenters. The first-order valence-electron chi connectivity index (χ1n) is 5.63. The van der Waals surface area contributed by atoms with Gasteiger partial charge in [0.1, 0.15) is 0 Å².